The number of ether oxygens (including phenoxy) is 1. The molecule has 0 fully saturated rings. The molecule has 8 heteroatoms. The maximum atomic E-state index is 12.0. The van der Waals surface area contributed by atoms with Crippen LogP contribution in [0.3, 0.4) is 0 Å². The number of aromatic nitrogens is 1. The van der Waals surface area contributed by atoms with Gasteiger partial charge >= 0.3 is 5.97 Å². The van der Waals surface area contributed by atoms with Gasteiger partial charge in [0.15, 0.2) is 18.5 Å². The van der Waals surface area contributed by atoms with Crippen LogP contribution in [0.4, 0.5) is 5.69 Å². The summed E-state index contributed by atoms with van der Waals surface area (Å²) in [6, 6.07) is 7.17. The fourth-order valence-electron chi connectivity index (χ4n) is 1.70. The maximum Gasteiger partial charge on any atom is 0.339 e. The number of esters is 1. The monoisotopic (exact) mass is 354 g/mol. The number of amides is 1. The van der Waals surface area contributed by atoms with Gasteiger partial charge < -0.3 is 15.3 Å². The van der Waals surface area contributed by atoms with Gasteiger partial charge in [-0.05, 0) is 25.1 Å². The van der Waals surface area contributed by atoms with Crippen molar-refractivity contribution in [3.63, 3.8) is 0 Å². The summed E-state index contributed by atoms with van der Waals surface area (Å²) >= 11 is 11.7. The number of pyridine rings is 1. The second-order valence-corrected chi connectivity index (χ2v) is 5.51. The quantitative estimate of drug-likeness (QED) is 0.519. The van der Waals surface area contributed by atoms with Crippen LogP contribution in [0, 0.1) is 5.21 Å². The molecule has 0 saturated carbocycles. The van der Waals surface area contributed by atoms with Crippen LogP contribution >= 0.6 is 23.2 Å². The Bertz CT molecular complexity index is 715. The van der Waals surface area contributed by atoms with E-state index in [1.807, 2.05) is 0 Å². The molecule has 1 aromatic carbocycles. The van der Waals surface area contributed by atoms with Crippen molar-refractivity contribution in [2.75, 3.05) is 5.32 Å². The number of nitrogens with one attached hydrogen (secondary N) is 1. The molecule has 23 heavy (non-hydrogen) atoms. The third-order valence-corrected chi connectivity index (χ3v) is 3.26. The summed E-state index contributed by atoms with van der Waals surface area (Å²) in [4.78, 5) is 23.9. The van der Waals surface area contributed by atoms with Gasteiger partial charge in [-0.25, -0.2) is 4.79 Å². The first-order valence-electron chi connectivity index (χ1n) is 6.52. The van der Waals surface area contributed by atoms with Crippen LogP contribution < -0.4 is 10.0 Å². The van der Waals surface area contributed by atoms with Gasteiger partial charge in [-0.3, -0.25) is 4.79 Å². The molecule has 0 spiro atoms. The van der Waals surface area contributed by atoms with Crippen molar-refractivity contribution in [1.82, 2.24) is 0 Å². The van der Waals surface area contributed by atoms with Crippen molar-refractivity contribution in [1.29, 1.82) is 0 Å². The van der Waals surface area contributed by atoms with Gasteiger partial charge in [-0.15, -0.1) is 0 Å². The van der Waals surface area contributed by atoms with E-state index < -0.39 is 18.0 Å². The van der Waals surface area contributed by atoms with E-state index in [0.717, 1.165) is 12.4 Å². The van der Waals surface area contributed by atoms with Gasteiger partial charge in [0.05, 0.1) is 5.56 Å². The highest BCUT2D eigenvalue weighted by Crippen LogP contribution is 2.22. The van der Waals surface area contributed by atoms with Gasteiger partial charge in [-0.2, -0.15) is 4.73 Å². The lowest BCUT2D eigenvalue weighted by atomic mass is 10.2. The van der Waals surface area contributed by atoms with Gasteiger partial charge in [0.2, 0.25) is 0 Å². The fourth-order valence-corrected chi connectivity index (χ4v) is 2.23. The van der Waals surface area contributed by atoms with Crippen LogP contribution in [0.5, 0.6) is 0 Å². The average Bonchev–Trinajstić information content (AvgIpc) is 2.46. The minimum atomic E-state index is -1.04. The van der Waals surface area contributed by atoms with Gasteiger partial charge in [0, 0.05) is 27.9 Å². The van der Waals surface area contributed by atoms with Crippen molar-refractivity contribution in [3.05, 3.63) is 63.5 Å². The molecule has 120 valence electrons. The first-order valence-corrected chi connectivity index (χ1v) is 7.27. The number of halogens is 2. The molecule has 2 aromatic rings. The highest BCUT2D eigenvalue weighted by atomic mass is 35.5. The minimum absolute atomic E-state index is 0.169. The van der Waals surface area contributed by atoms with E-state index in [0.29, 0.717) is 20.5 Å². The van der Waals surface area contributed by atoms with E-state index in [1.165, 1.54) is 37.3 Å². The Kier molecular flexibility index (Phi) is 5.41. The summed E-state index contributed by atoms with van der Waals surface area (Å²) in [7, 11) is 0. The lowest BCUT2D eigenvalue weighted by Crippen LogP contribution is -2.30. The molecular weight excluding hydrogens is 343 g/mol. The van der Waals surface area contributed by atoms with Crippen molar-refractivity contribution in [2.45, 2.75) is 13.0 Å². The van der Waals surface area contributed by atoms with E-state index in [1.54, 1.807) is 0 Å². The molecule has 1 amide bonds. The number of nitrogens with zero attached hydrogens (tertiary/aromatic N) is 1. The molecule has 1 heterocycles. The largest absolute Gasteiger partial charge is 0.619 e. The van der Waals surface area contributed by atoms with Crippen LogP contribution in [-0.2, 0) is 9.53 Å². The zero-order valence-electron chi connectivity index (χ0n) is 12.0. The summed E-state index contributed by atoms with van der Waals surface area (Å²) in [5.41, 5.74) is 0.560. The summed E-state index contributed by atoms with van der Waals surface area (Å²) in [6.07, 6.45) is 1.28. The van der Waals surface area contributed by atoms with E-state index in [9.17, 15) is 14.8 Å². The van der Waals surface area contributed by atoms with Crippen LogP contribution in [0.15, 0.2) is 42.7 Å². The Hall–Kier alpha value is -2.31. The topological polar surface area (TPSA) is 82.3 Å². The third kappa shape index (κ3) is 4.84. The molecule has 1 atom stereocenters. The molecule has 1 N–H and O–H groups in total. The zero-order chi connectivity index (χ0) is 17.0. The lowest BCUT2D eigenvalue weighted by Gasteiger charge is -2.13. The number of anilines is 1. The summed E-state index contributed by atoms with van der Waals surface area (Å²) < 4.78 is 5.58. The number of hydrogen-bond donors (Lipinski definition) is 1. The van der Waals surface area contributed by atoms with Crippen LogP contribution in [0.2, 0.25) is 10.0 Å². The normalized spacial score (nSPS) is 11.6. The predicted molar refractivity (Wildman–Crippen MR) is 85.4 cm³/mol. The number of rotatable bonds is 4. The van der Waals surface area contributed by atoms with E-state index in [2.05, 4.69) is 5.32 Å². The molecule has 6 nitrogen and oxygen atoms in total. The molecule has 0 saturated heterocycles. The first-order chi connectivity index (χ1) is 10.8. The number of carbonyl (C=O) groups is 2. The van der Waals surface area contributed by atoms with E-state index in [-0.39, 0.29) is 5.56 Å². The Balaban J connectivity index is 1.99. The number of hydrogen-bond acceptors (Lipinski definition) is 4. The molecule has 0 radical (unpaired) electrons. The highest BCUT2D eigenvalue weighted by molar-refractivity contribution is 6.35. The molecule has 0 aliphatic heterocycles. The van der Waals surface area contributed by atoms with Crippen molar-refractivity contribution in [3.8, 4) is 0 Å². The smallest absolute Gasteiger partial charge is 0.339 e. The SMILES string of the molecule is C[C@H](OC(=O)c1cc[n+]([O-])cc1)C(=O)Nc1cc(Cl)cc(Cl)c1. The standard InChI is InChI=1S/C15H12Cl2N2O4/c1-9(23-15(21)10-2-4-19(22)5-3-10)14(20)18-13-7-11(16)6-12(17)8-13/h2-9H,1H3,(H,18,20)/t9-/m0/s1. The van der Waals surface area contributed by atoms with Gasteiger partial charge in [0.25, 0.3) is 5.91 Å². The Morgan fingerprint density at radius 2 is 1.74 bits per heavy atom. The zero-order valence-corrected chi connectivity index (χ0v) is 13.5. The van der Waals surface area contributed by atoms with Crippen LogP contribution in [-0.4, -0.2) is 18.0 Å². The van der Waals surface area contributed by atoms with E-state index in [4.69, 9.17) is 27.9 Å². The van der Waals surface area contributed by atoms with Crippen LogP contribution in [0.25, 0.3) is 0 Å². The Labute approximate surface area is 142 Å². The van der Waals surface area contributed by atoms with Crippen molar-refractivity contribution < 1.29 is 19.1 Å². The summed E-state index contributed by atoms with van der Waals surface area (Å²) in [5.74, 6) is -1.25. The van der Waals surface area contributed by atoms with E-state index >= 15 is 0 Å². The molecule has 0 bridgehead atoms. The maximum absolute atomic E-state index is 12.0. The molecule has 0 aliphatic rings. The Morgan fingerprint density at radius 3 is 2.30 bits per heavy atom. The highest BCUT2D eigenvalue weighted by Gasteiger charge is 2.19. The minimum Gasteiger partial charge on any atom is -0.619 e. The second-order valence-electron chi connectivity index (χ2n) is 4.64. The molecule has 0 aliphatic carbocycles. The number of carbonyl (C=O) groups excluding carboxylic acids is 2. The summed E-state index contributed by atoms with van der Waals surface area (Å²) in [6.45, 7) is 1.43. The summed E-state index contributed by atoms with van der Waals surface area (Å²) in [5, 5.41) is 14.2. The molecule has 2 rings (SSSR count). The van der Waals surface area contributed by atoms with Crippen molar-refractivity contribution in [2.24, 2.45) is 0 Å². The first kappa shape index (κ1) is 17.1. The van der Waals surface area contributed by atoms with Gasteiger partial charge in [-0.1, -0.05) is 23.2 Å². The fraction of sp³-hybridized carbons (Fsp3) is 0.133. The van der Waals surface area contributed by atoms with Crippen molar-refractivity contribution >= 4 is 40.8 Å². The lowest BCUT2D eigenvalue weighted by molar-refractivity contribution is -0.605. The molecule has 1 aromatic heterocycles. The predicted octanol–water partition coefficient (Wildman–Crippen LogP) is 2.81. The van der Waals surface area contributed by atoms with Gasteiger partial charge in [0.1, 0.15) is 0 Å². The molecular formula is C15H12Cl2N2O4. The van der Waals surface area contributed by atoms with Crippen LogP contribution in [0.1, 0.15) is 17.3 Å². The number of benzene rings is 1. The third-order valence-electron chi connectivity index (χ3n) is 2.82. The Morgan fingerprint density at radius 1 is 1.17 bits per heavy atom. The second kappa shape index (κ2) is 7.30. The molecule has 0 unspecified atom stereocenters. The average molecular weight is 355 g/mol.